The molecule has 1 aliphatic rings. The van der Waals surface area contributed by atoms with Crippen molar-refractivity contribution >= 4 is 28.3 Å². The van der Waals surface area contributed by atoms with Gasteiger partial charge >= 0.3 is 5.97 Å². The normalized spacial score (nSPS) is 14.0. The van der Waals surface area contributed by atoms with E-state index in [0.29, 0.717) is 22.3 Å². The summed E-state index contributed by atoms with van der Waals surface area (Å²) in [5.41, 5.74) is 1.47. The molecule has 2 aromatic rings. The largest absolute Gasteiger partial charge is 0.497 e. The average Bonchev–Trinajstić information content (AvgIpc) is 3.37. The second-order valence-corrected chi connectivity index (χ2v) is 7.10. The number of esters is 1. The van der Waals surface area contributed by atoms with Crippen molar-refractivity contribution < 1.29 is 23.8 Å². The van der Waals surface area contributed by atoms with Gasteiger partial charge in [-0.3, -0.25) is 14.9 Å². The molecular weight excluding hydrogens is 368 g/mol. The lowest BCUT2D eigenvalue weighted by Gasteiger charge is -2.09. The molecule has 144 valence electrons. The fraction of sp³-hybridized carbons (Fsp3) is 0.421. The van der Waals surface area contributed by atoms with Gasteiger partial charge in [0, 0.05) is 17.0 Å². The average molecular weight is 390 g/mol. The molecule has 8 heteroatoms. The van der Waals surface area contributed by atoms with E-state index < -0.39 is 5.91 Å². The predicted octanol–water partition coefficient (Wildman–Crippen LogP) is 3.50. The Labute approximate surface area is 161 Å². The van der Waals surface area contributed by atoms with Crippen molar-refractivity contribution in [2.75, 3.05) is 26.1 Å². The SMILES string of the molecule is COc1ccc(-c2csc(NC(=O)COC(=O)C3CCCC3)n2)c(OC)c1. The number of ether oxygens (including phenoxy) is 3. The first-order valence-electron chi connectivity index (χ1n) is 8.75. The molecule has 1 heterocycles. The van der Waals surface area contributed by atoms with Crippen LogP contribution < -0.4 is 14.8 Å². The molecule has 7 nitrogen and oxygen atoms in total. The number of hydrogen-bond acceptors (Lipinski definition) is 7. The molecule has 3 rings (SSSR count). The van der Waals surface area contributed by atoms with E-state index >= 15 is 0 Å². The Balaban J connectivity index is 1.59. The maximum Gasteiger partial charge on any atom is 0.309 e. The number of aromatic nitrogens is 1. The first-order valence-corrected chi connectivity index (χ1v) is 9.63. The third kappa shape index (κ3) is 4.77. The van der Waals surface area contributed by atoms with E-state index in [1.54, 1.807) is 20.3 Å². The number of thiazole rings is 1. The summed E-state index contributed by atoms with van der Waals surface area (Å²) in [4.78, 5) is 28.3. The summed E-state index contributed by atoms with van der Waals surface area (Å²) in [7, 11) is 3.16. The van der Waals surface area contributed by atoms with Crippen LogP contribution in [0.25, 0.3) is 11.3 Å². The summed E-state index contributed by atoms with van der Waals surface area (Å²) in [6.45, 7) is -0.296. The summed E-state index contributed by atoms with van der Waals surface area (Å²) in [5.74, 6) is 0.563. The topological polar surface area (TPSA) is 86.8 Å². The Morgan fingerprint density at radius 1 is 1.22 bits per heavy atom. The number of amides is 1. The van der Waals surface area contributed by atoms with Crippen LogP contribution in [0.1, 0.15) is 25.7 Å². The summed E-state index contributed by atoms with van der Waals surface area (Å²) < 4.78 is 15.7. The van der Waals surface area contributed by atoms with Crippen LogP contribution in [-0.4, -0.2) is 37.7 Å². The van der Waals surface area contributed by atoms with Gasteiger partial charge in [0.1, 0.15) is 11.5 Å². The van der Waals surface area contributed by atoms with Gasteiger partial charge in [0.05, 0.1) is 25.8 Å². The van der Waals surface area contributed by atoms with Crippen LogP contribution in [0.5, 0.6) is 11.5 Å². The molecule has 1 aromatic heterocycles. The molecule has 0 bridgehead atoms. The highest BCUT2D eigenvalue weighted by molar-refractivity contribution is 7.14. The molecule has 0 radical (unpaired) electrons. The van der Waals surface area contributed by atoms with Crippen molar-refractivity contribution in [3.05, 3.63) is 23.6 Å². The van der Waals surface area contributed by atoms with Gasteiger partial charge in [-0.05, 0) is 25.0 Å². The van der Waals surface area contributed by atoms with Gasteiger partial charge in [0.2, 0.25) is 0 Å². The number of nitrogens with one attached hydrogen (secondary N) is 1. The summed E-state index contributed by atoms with van der Waals surface area (Å²) in [6.07, 6.45) is 3.78. The van der Waals surface area contributed by atoms with Crippen molar-refractivity contribution in [1.82, 2.24) is 4.98 Å². The van der Waals surface area contributed by atoms with E-state index in [1.165, 1.54) is 11.3 Å². The molecule has 1 aromatic carbocycles. The van der Waals surface area contributed by atoms with Gasteiger partial charge in [-0.15, -0.1) is 11.3 Å². The predicted molar refractivity (Wildman–Crippen MR) is 102 cm³/mol. The Hall–Kier alpha value is -2.61. The van der Waals surface area contributed by atoms with Crippen LogP contribution in [-0.2, 0) is 14.3 Å². The first-order chi connectivity index (χ1) is 13.1. The Kier molecular flexibility index (Phi) is 6.28. The van der Waals surface area contributed by atoms with Crippen LogP contribution in [0.4, 0.5) is 5.13 Å². The Morgan fingerprint density at radius 2 is 2.00 bits per heavy atom. The second kappa shape index (κ2) is 8.85. The summed E-state index contributed by atoms with van der Waals surface area (Å²) >= 11 is 1.29. The number of hydrogen-bond donors (Lipinski definition) is 1. The first kappa shape index (κ1) is 19.2. The Bertz CT molecular complexity index is 814. The van der Waals surface area contributed by atoms with Crippen LogP contribution in [0, 0.1) is 5.92 Å². The van der Waals surface area contributed by atoms with E-state index in [1.807, 2.05) is 17.5 Å². The minimum absolute atomic E-state index is 0.0631. The number of methoxy groups -OCH3 is 2. The van der Waals surface area contributed by atoms with E-state index in [9.17, 15) is 9.59 Å². The highest BCUT2D eigenvalue weighted by Crippen LogP contribution is 2.34. The molecule has 1 N–H and O–H groups in total. The fourth-order valence-electron chi connectivity index (χ4n) is 3.04. The summed E-state index contributed by atoms with van der Waals surface area (Å²) in [6, 6.07) is 5.44. The molecule has 0 aliphatic heterocycles. The van der Waals surface area contributed by atoms with Crippen molar-refractivity contribution in [3.63, 3.8) is 0 Å². The van der Waals surface area contributed by atoms with Crippen molar-refractivity contribution in [3.8, 4) is 22.8 Å². The van der Waals surface area contributed by atoms with Gasteiger partial charge in [0.25, 0.3) is 5.91 Å². The molecule has 1 amide bonds. The lowest BCUT2D eigenvalue weighted by molar-refractivity contribution is -0.151. The van der Waals surface area contributed by atoms with E-state index in [0.717, 1.165) is 31.2 Å². The van der Waals surface area contributed by atoms with Gasteiger partial charge in [-0.2, -0.15) is 0 Å². The molecular formula is C19H22N2O5S. The fourth-order valence-corrected chi connectivity index (χ4v) is 3.76. The number of anilines is 1. The van der Waals surface area contributed by atoms with E-state index in [-0.39, 0.29) is 18.5 Å². The van der Waals surface area contributed by atoms with Gasteiger partial charge in [-0.1, -0.05) is 12.8 Å². The molecule has 0 spiro atoms. The molecule has 0 unspecified atom stereocenters. The third-order valence-corrected chi connectivity index (χ3v) is 5.23. The lowest BCUT2D eigenvalue weighted by atomic mass is 10.1. The zero-order valence-corrected chi connectivity index (χ0v) is 16.1. The van der Waals surface area contributed by atoms with Crippen LogP contribution in [0.15, 0.2) is 23.6 Å². The number of carbonyl (C=O) groups excluding carboxylic acids is 2. The van der Waals surface area contributed by atoms with Gasteiger partial charge in [0.15, 0.2) is 11.7 Å². The van der Waals surface area contributed by atoms with Crippen molar-refractivity contribution in [2.24, 2.45) is 5.92 Å². The monoisotopic (exact) mass is 390 g/mol. The minimum atomic E-state index is -0.399. The third-order valence-electron chi connectivity index (χ3n) is 4.47. The maximum atomic E-state index is 12.0. The Morgan fingerprint density at radius 3 is 2.70 bits per heavy atom. The number of carbonyl (C=O) groups is 2. The van der Waals surface area contributed by atoms with E-state index in [4.69, 9.17) is 14.2 Å². The number of rotatable bonds is 7. The quantitative estimate of drug-likeness (QED) is 0.728. The summed E-state index contributed by atoms with van der Waals surface area (Å²) in [5, 5.41) is 4.92. The van der Waals surface area contributed by atoms with Crippen LogP contribution in [0.2, 0.25) is 0 Å². The van der Waals surface area contributed by atoms with Crippen LogP contribution in [0.3, 0.4) is 0 Å². The molecule has 0 saturated heterocycles. The number of nitrogens with zero attached hydrogens (tertiary/aromatic N) is 1. The highest BCUT2D eigenvalue weighted by Gasteiger charge is 2.24. The zero-order valence-electron chi connectivity index (χ0n) is 15.3. The van der Waals surface area contributed by atoms with Crippen molar-refractivity contribution in [1.29, 1.82) is 0 Å². The lowest BCUT2D eigenvalue weighted by Crippen LogP contribution is -2.23. The second-order valence-electron chi connectivity index (χ2n) is 6.24. The molecule has 27 heavy (non-hydrogen) atoms. The molecule has 1 fully saturated rings. The molecule has 1 aliphatic carbocycles. The minimum Gasteiger partial charge on any atom is -0.497 e. The molecule has 0 atom stereocenters. The molecule has 1 saturated carbocycles. The van der Waals surface area contributed by atoms with E-state index in [2.05, 4.69) is 10.3 Å². The van der Waals surface area contributed by atoms with Gasteiger partial charge in [-0.25, -0.2) is 4.98 Å². The number of benzene rings is 1. The van der Waals surface area contributed by atoms with Crippen molar-refractivity contribution in [2.45, 2.75) is 25.7 Å². The smallest absolute Gasteiger partial charge is 0.309 e. The highest BCUT2D eigenvalue weighted by atomic mass is 32.1. The van der Waals surface area contributed by atoms with Crippen LogP contribution >= 0.6 is 11.3 Å². The standard InChI is InChI=1S/C19H22N2O5S/c1-24-13-7-8-14(16(9-13)25-2)15-11-27-19(20-15)21-17(22)10-26-18(23)12-5-3-4-6-12/h7-9,11-12H,3-6,10H2,1-2H3,(H,20,21,22). The zero-order chi connectivity index (χ0) is 19.2. The van der Waals surface area contributed by atoms with Gasteiger partial charge < -0.3 is 14.2 Å². The maximum absolute atomic E-state index is 12.0.